The van der Waals surface area contributed by atoms with E-state index < -0.39 is 16.1 Å². The molecule has 0 aliphatic rings. The van der Waals surface area contributed by atoms with Crippen molar-refractivity contribution in [1.82, 2.24) is 5.32 Å². The van der Waals surface area contributed by atoms with E-state index in [9.17, 15) is 18.3 Å². The molecular formula is C41H44N2O7S. The van der Waals surface area contributed by atoms with Crippen LogP contribution in [-0.2, 0) is 28.0 Å². The molecule has 9 nitrogen and oxygen atoms in total. The van der Waals surface area contributed by atoms with E-state index in [4.69, 9.17) is 14.2 Å². The van der Waals surface area contributed by atoms with Crippen LogP contribution in [0.5, 0.6) is 11.5 Å². The monoisotopic (exact) mass is 708 g/mol. The summed E-state index contributed by atoms with van der Waals surface area (Å²) in [7, 11) is -3.59. The van der Waals surface area contributed by atoms with Crippen molar-refractivity contribution in [2.75, 3.05) is 24.1 Å². The van der Waals surface area contributed by atoms with Crippen molar-refractivity contribution >= 4 is 21.7 Å². The predicted octanol–water partition coefficient (Wildman–Crippen LogP) is 7.37. The third kappa shape index (κ3) is 10.7. The number of sulfonamides is 1. The van der Waals surface area contributed by atoms with Crippen molar-refractivity contribution in [3.63, 3.8) is 0 Å². The van der Waals surface area contributed by atoms with E-state index in [2.05, 4.69) is 10.0 Å². The SMILES string of the molecule is Cc1cc(OCCN[C@@H](C)[C@@H](O)c2ccc(OCc3ccccc3)c(NS(C)(=O)=O)c2)cc(C)c1-c1ccc(C(=O)OCc2ccccc2)cc1. The number of aliphatic hydroxyl groups excluding tert-OH is 1. The van der Waals surface area contributed by atoms with Gasteiger partial charge in [0.15, 0.2) is 0 Å². The summed E-state index contributed by atoms with van der Waals surface area (Å²) < 4.78 is 44.1. The molecule has 10 heteroatoms. The second-order valence-corrected chi connectivity index (χ2v) is 14.3. The molecule has 0 aromatic heterocycles. The molecule has 0 aliphatic carbocycles. The first-order valence-electron chi connectivity index (χ1n) is 16.7. The molecule has 266 valence electrons. The molecule has 0 amide bonds. The lowest BCUT2D eigenvalue weighted by Crippen LogP contribution is -2.35. The summed E-state index contributed by atoms with van der Waals surface area (Å²) in [6.07, 6.45) is 0.150. The van der Waals surface area contributed by atoms with Crippen LogP contribution in [0, 0.1) is 13.8 Å². The highest BCUT2D eigenvalue weighted by Gasteiger charge is 2.19. The average molecular weight is 709 g/mol. The summed E-state index contributed by atoms with van der Waals surface area (Å²) in [6, 6.07) is 35.2. The average Bonchev–Trinajstić information content (AvgIpc) is 3.11. The Bertz CT molecular complexity index is 2000. The fraction of sp³-hybridized carbons (Fsp3) is 0.244. The highest BCUT2D eigenvalue weighted by Crippen LogP contribution is 2.32. The number of esters is 1. The summed E-state index contributed by atoms with van der Waals surface area (Å²) in [5.74, 6) is 0.725. The van der Waals surface area contributed by atoms with E-state index in [1.165, 1.54) is 0 Å². The minimum Gasteiger partial charge on any atom is -0.492 e. The third-order valence-electron chi connectivity index (χ3n) is 8.32. The minimum atomic E-state index is -3.59. The Morgan fingerprint density at radius 2 is 1.39 bits per heavy atom. The molecule has 0 bridgehead atoms. The number of aliphatic hydroxyl groups is 1. The van der Waals surface area contributed by atoms with Gasteiger partial charge in [0.25, 0.3) is 0 Å². The smallest absolute Gasteiger partial charge is 0.338 e. The number of nitrogens with one attached hydrogen (secondary N) is 2. The molecule has 5 rings (SSSR count). The first kappa shape index (κ1) is 37.1. The van der Waals surface area contributed by atoms with Gasteiger partial charge in [0.2, 0.25) is 10.0 Å². The normalized spacial score (nSPS) is 12.5. The zero-order valence-corrected chi connectivity index (χ0v) is 30.1. The molecule has 3 N–H and O–H groups in total. The first-order valence-corrected chi connectivity index (χ1v) is 18.6. The molecule has 2 atom stereocenters. The van der Waals surface area contributed by atoms with Crippen molar-refractivity contribution in [3.05, 3.63) is 149 Å². The van der Waals surface area contributed by atoms with Gasteiger partial charge in [0.1, 0.15) is 31.3 Å². The number of rotatable bonds is 16. The van der Waals surface area contributed by atoms with E-state index in [1.54, 1.807) is 30.3 Å². The molecule has 0 fully saturated rings. The zero-order chi connectivity index (χ0) is 36.4. The lowest BCUT2D eigenvalue weighted by Gasteiger charge is -2.22. The van der Waals surface area contributed by atoms with Crippen molar-refractivity contribution in [2.45, 2.75) is 46.1 Å². The molecule has 5 aromatic carbocycles. The first-order chi connectivity index (χ1) is 24.5. The number of hydrogen-bond donors (Lipinski definition) is 3. The summed E-state index contributed by atoms with van der Waals surface area (Å²) in [4.78, 5) is 12.6. The topological polar surface area (TPSA) is 123 Å². The van der Waals surface area contributed by atoms with Crippen LogP contribution >= 0.6 is 0 Å². The minimum absolute atomic E-state index is 0.224. The van der Waals surface area contributed by atoms with Gasteiger partial charge in [-0.05, 0) is 96.1 Å². The fourth-order valence-electron chi connectivity index (χ4n) is 5.77. The highest BCUT2D eigenvalue weighted by molar-refractivity contribution is 7.92. The van der Waals surface area contributed by atoms with Crippen molar-refractivity contribution in [2.24, 2.45) is 0 Å². The van der Waals surface area contributed by atoms with Crippen LogP contribution in [-0.4, -0.2) is 44.9 Å². The Morgan fingerprint density at radius 1 is 0.784 bits per heavy atom. The number of carbonyl (C=O) groups is 1. The molecule has 51 heavy (non-hydrogen) atoms. The number of hydrogen-bond acceptors (Lipinski definition) is 8. The van der Waals surface area contributed by atoms with Crippen molar-refractivity contribution < 1.29 is 32.5 Å². The molecule has 0 spiro atoms. The maximum atomic E-state index is 12.6. The van der Waals surface area contributed by atoms with Gasteiger partial charge in [0, 0.05) is 12.6 Å². The molecule has 0 saturated carbocycles. The lowest BCUT2D eigenvalue weighted by molar-refractivity contribution is 0.0472. The van der Waals surface area contributed by atoms with E-state index >= 15 is 0 Å². The van der Waals surface area contributed by atoms with Crippen molar-refractivity contribution in [3.8, 4) is 22.6 Å². The summed E-state index contributed by atoms with van der Waals surface area (Å²) in [5.41, 5.74) is 7.30. The summed E-state index contributed by atoms with van der Waals surface area (Å²) >= 11 is 0. The molecule has 0 unspecified atom stereocenters. The van der Waals surface area contributed by atoms with Gasteiger partial charge in [-0.15, -0.1) is 0 Å². The Morgan fingerprint density at radius 3 is 2.00 bits per heavy atom. The molecular weight excluding hydrogens is 665 g/mol. The van der Waals surface area contributed by atoms with Gasteiger partial charge >= 0.3 is 5.97 Å². The fourth-order valence-corrected chi connectivity index (χ4v) is 6.33. The van der Waals surface area contributed by atoms with E-state index in [1.807, 2.05) is 106 Å². The van der Waals surface area contributed by atoms with E-state index in [0.29, 0.717) is 30.0 Å². The van der Waals surface area contributed by atoms with Crippen LogP contribution in [0.25, 0.3) is 11.1 Å². The predicted molar refractivity (Wildman–Crippen MR) is 201 cm³/mol. The van der Waals surface area contributed by atoms with Gasteiger partial charge < -0.3 is 24.6 Å². The molecule has 5 aromatic rings. The second-order valence-electron chi connectivity index (χ2n) is 12.5. The van der Waals surface area contributed by atoms with Crippen LogP contribution in [0.4, 0.5) is 5.69 Å². The second kappa shape index (κ2) is 17.2. The quantitative estimate of drug-likeness (QED) is 0.0718. The van der Waals surface area contributed by atoms with Gasteiger partial charge in [-0.25, -0.2) is 13.2 Å². The van der Waals surface area contributed by atoms with Crippen LogP contribution in [0.2, 0.25) is 0 Å². The summed E-state index contributed by atoms with van der Waals surface area (Å²) in [5, 5.41) is 14.4. The van der Waals surface area contributed by atoms with E-state index in [-0.39, 0.29) is 30.9 Å². The number of ether oxygens (including phenoxy) is 3. The largest absolute Gasteiger partial charge is 0.492 e. The highest BCUT2D eigenvalue weighted by atomic mass is 32.2. The number of carbonyl (C=O) groups excluding carboxylic acids is 1. The van der Waals surface area contributed by atoms with Crippen LogP contribution in [0.15, 0.2) is 115 Å². The Labute approximate surface area is 300 Å². The Balaban J connectivity index is 1.14. The van der Waals surface area contributed by atoms with Gasteiger partial charge in [-0.3, -0.25) is 4.72 Å². The third-order valence-corrected chi connectivity index (χ3v) is 8.91. The number of aryl methyl sites for hydroxylation is 2. The maximum Gasteiger partial charge on any atom is 0.338 e. The Kier molecular flexibility index (Phi) is 12.5. The maximum absolute atomic E-state index is 12.6. The van der Waals surface area contributed by atoms with Crippen molar-refractivity contribution in [1.29, 1.82) is 0 Å². The molecule has 0 saturated heterocycles. The number of benzene rings is 5. The van der Waals surface area contributed by atoms with Gasteiger partial charge in [-0.2, -0.15) is 0 Å². The van der Waals surface area contributed by atoms with Gasteiger partial charge in [0.05, 0.1) is 23.6 Å². The summed E-state index contributed by atoms with van der Waals surface area (Å²) in [6.45, 7) is 7.22. The molecule has 0 aliphatic heterocycles. The number of anilines is 1. The van der Waals surface area contributed by atoms with E-state index in [0.717, 1.165) is 45.4 Å². The van der Waals surface area contributed by atoms with Crippen LogP contribution < -0.4 is 19.5 Å². The van der Waals surface area contributed by atoms with Gasteiger partial charge in [-0.1, -0.05) is 78.9 Å². The standard InChI is InChI=1S/C41H44N2O7S/c1-28-23-36(24-29(2)39(28)33-15-17-34(18-16-33)41(45)50-27-32-13-9-6-10-14-32)48-22-21-42-30(3)40(44)35-19-20-38(37(25-35)43-51(4,46)47)49-26-31-11-7-5-8-12-31/h5-20,23-25,30,40,42-44H,21-22,26-27H2,1-4H3/t30-,40+/m0/s1. The van der Waals surface area contributed by atoms with Crippen LogP contribution in [0.1, 0.15) is 51.2 Å². The zero-order valence-electron chi connectivity index (χ0n) is 29.3. The van der Waals surface area contributed by atoms with Crippen LogP contribution in [0.3, 0.4) is 0 Å². The lowest BCUT2D eigenvalue weighted by atomic mass is 9.95. The molecule has 0 radical (unpaired) electrons. The Hall–Kier alpha value is -5.16. The molecule has 0 heterocycles.